The number of rotatable bonds is 3. The van der Waals surface area contributed by atoms with Crippen molar-refractivity contribution < 1.29 is 9.53 Å². The van der Waals surface area contributed by atoms with E-state index in [-0.39, 0.29) is 5.91 Å². The quantitative estimate of drug-likeness (QED) is 0.830. The van der Waals surface area contributed by atoms with Gasteiger partial charge in [-0.3, -0.25) is 4.79 Å². The number of ether oxygens (including phenoxy) is 1. The summed E-state index contributed by atoms with van der Waals surface area (Å²) in [6, 6.07) is 12.6. The lowest BCUT2D eigenvalue weighted by Crippen LogP contribution is -2.13. The van der Waals surface area contributed by atoms with E-state index < -0.39 is 0 Å². The first kappa shape index (κ1) is 13.0. The molecule has 0 saturated carbocycles. The number of hydrogen-bond acceptors (Lipinski definition) is 3. The maximum Gasteiger partial charge on any atom is 0.255 e. The van der Waals surface area contributed by atoms with Crippen LogP contribution in [0.15, 0.2) is 42.5 Å². The molecule has 2 aromatic rings. The molecule has 0 unspecified atom stereocenters. The summed E-state index contributed by atoms with van der Waals surface area (Å²) in [4.78, 5) is 12.1. The zero-order valence-corrected chi connectivity index (χ0v) is 10.9. The number of carbonyl (C=O) groups excluding carboxylic acids is 1. The van der Waals surface area contributed by atoms with Crippen molar-refractivity contribution in [3.05, 3.63) is 53.6 Å². The van der Waals surface area contributed by atoms with Crippen molar-refractivity contribution in [3.63, 3.8) is 0 Å². The van der Waals surface area contributed by atoms with Crippen LogP contribution >= 0.6 is 0 Å². The highest BCUT2D eigenvalue weighted by Gasteiger charge is 2.09. The largest absolute Gasteiger partial charge is 0.495 e. The molecule has 98 valence electrons. The van der Waals surface area contributed by atoms with Crippen LogP contribution in [-0.4, -0.2) is 13.0 Å². The van der Waals surface area contributed by atoms with Gasteiger partial charge in [0, 0.05) is 17.3 Å². The number of aryl methyl sites for hydroxylation is 1. The smallest absolute Gasteiger partial charge is 0.255 e. The molecule has 0 aromatic heterocycles. The zero-order chi connectivity index (χ0) is 13.8. The lowest BCUT2D eigenvalue weighted by atomic mass is 10.1. The predicted molar refractivity (Wildman–Crippen MR) is 76.5 cm³/mol. The van der Waals surface area contributed by atoms with Crippen LogP contribution in [-0.2, 0) is 0 Å². The van der Waals surface area contributed by atoms with E-state index in [0.717, 1.165) is 5.56 Å². The predicted octanol–water partition coefficient (Wildman–Crippen LogP) is 2.84. The number of nitrogens with two attached hydrogens (primary N) is 1. The minimum Gasteiger partial charge on any atom is -0.495 e. The van der Waals surface area contributed by atoms with Gasteiger partial charge in [-0.1, -0.05) is 18.2 Å². The Kier molecular flexibility index (Phi) is 3.71. The third-order valence-corrected chi connectivity index (χ3v) is 2.88. The Hall–Kier alpha value is -2.49. The number of nitrogen functional groups attached to an aromatic ring is 1. The van der Waals surface area contributed by atoms with Crippen molar-refractivity contribution in [2.75, 3.05) is 18.2 Å². The van der Waals surface area contributed by atoms with Gasteiger partial charge in [0.2, 0.25) is 0 Å². The second-order valence-electron chi connectivity index (χ2n) is 4.23. The van der Waals surface area contributed by atoms with Crippen molar-refractivity contribution in [2.45, 2.75) is 6.92 Å². The highest BCUT2D eigenvalue weighted by Crippen LogP contribution is 2.25. The topological polar surface area (TPSA) is 64.3 Å². The minimum atomic E-state index is -0.148. The Morgan fingerprint density at radius 2 is 1.95 bits per heavy atom. The molecule has 1 amide bonds. The third-order valence-electron chi connectivity index (χ3n) is 2.88. The monoisotopic (exact) mass is 256 g/mol. The molecule has 0 heterocycles. The molecule has 0 aliphatic rings. The molecule has 2 rings (SSSR count). The van der Waals surface area contributed by atoms with Crippen LogP contribution in [0.5, 0.6) is 5.75 Å². The molecule has 4 heteroatoms. The molecule has 0 saturated heterocycles. The van der Waals surface area contributed by atoms with Crippen LogP contribution in [0, 0.1) is 6.92 Å². The van der Waals surface area contributed by atoms with Gasteiger partial charge >= 0.3 is 0 Å². The number of nitrogens with one attached hydrogen (secondary N) is 1. The third kappa shape index (κ3) is 2.85. The minimum absolute atomic E-state index is 0.148. The SMILES string of the molecule is COc1cc(NC(=O)c2ccccc2C)ccc1N. The molecule has 0 atom stereocenters. The number of carbonyl (C=O) groups is 1. The lowest BCUT2D eigenvalue weighted by Gasteiger charge is -2.10. The maximum absolute atomic E-state index is 12.1. The molecule has 0 fully saturated rings. The normalized spacial score (nSPS) is 10.0. The van der Waals surface area contributed by atoms with Crippen molar-refractivity contribution in [2.24, 2.45) is 0 Å². The average molecular weight is 256 g/mol. The van der Waals surface area contributed by atoms with Crippen molar-refractivity contribution >= 4 is 17.3 Å². The fourth-order valence-corrected chi connectivity index (χ4v) is 1.81. The Balaban J connectivity index is 2.22. The van der Waals surface area contributed by atoms with Crippen LogP contribution in [0.3, 0.4) is 0 Å². The Labute approximate surface area is 112 Å². The van der Waals surface area contributed by atoms with Gasteiger partial charge in [0.1, 0.15) is 5.75 Å². The van der Waals surface area contributed by atoms with E-state index in [1.165, 1.54) is 0 Å². The second-order valence-corrected chi connectivity index (χ2v) is 4.23. The van der Waals surface area contributed by atoms with Crippen LogP contribution < -0.4 is 15.8 Å². The van der Waals surface area contributed by atoms with Crippen LogP contribution in [0.1, 0.15) is 15.9 Å². The van der Waals surface area contributed by atoms with Gasteiger partial charge in [0.15, 0.2) is 0 Å². The van der Waals surface area contributed by atoms with Gasteiger partial charge in [-0.25, -0.2) is 0 Å². The summed E-state index contributed by atoms with van der Waals surface area (Å²) in [7, 11) is 1.54. The van der Waals surface area contributed by atoms with E-state index in [0.29, 0.717) is 22.7 Å². The molecule has 0 aliphatic heterocycles. The standard InChI is InChI=1S/C15H16N2O2/c1-10-5-3-4-6-12(10)15(18)17-11-7-8-13(16)14(9-11)19-2/h3-9H,16H2,1-2H3,(H,17,18). The van der Waals surface area contributed by atoms with Crippen molar-refractivity contribution in [1.82, 2.24) is 0 Å². The van der Waals surface area contributed by atoms with E-state index >= 15 is 0 Å². The summed E-state index contributed by atoms with van der Waals surface area (Å²) >= 11 is 0. The van der Waals surface area contributed by atoms with E-state index in [1.54, 1.807) is 31.4 Å². The molecule has 19 heavy (non-hydrogen) atoms. The first-order chi connectivity index (χ1) is 9.11. The van der Waals surface area contributed by atoms with Crippen molar-refractivity contribution in [1.29, 1.82) is 0 Å². The summed E-state index contributed by atoms with van der Waals surface area (Å²) in [5, 5.41) is 2.83. The number of amides is 1. The van der Waals surface area contributed by atoms with Gasteiger partial charge in [-0.15, -0.1) is 0 Å². The van der Waals surface area contributed by atoms with Gasteiger partial charge < -0.3 is 15.8 Å². The fraction of sp³-hybridized carbons (Fsp3) is 0.133. The first-order valence-corrected chi connectivity index (χ1v) is 5.92. The molecule has 2 aromatic carbocycles. The van der Waals surface area contributed by atoms with Gasteiger partial charge in [-0.05, 0) is 30.7 Å². The van der Waals surface area contributed by atoms with Crippen LogP contribution in [0.2, 0.25) is 0 Å². The second kappa shape index (κ2) is 5.44. The van der Waals surface area contributed by atoms with E-state index in [2.05, 4.69) is 5.32 Å². The highest BCUT2D eigenvalue weighted by molar-refractivity contribution is 6.05. The van der Waals surface area contributed by atoms with Gasteiger partial charge in [0.25, 0.3) is 5.91 Å². The number of anilines is 2. The number of methoxy groups -OCH3 is 1. The van der Waals surface area contributed by atoms with Crippen LogP contribution in [0.4, 0.5) is 11.4 Å². The summed E-state index contributed by atoms with van der Waals surface area (Å²) < 4.78 is 5.12. The molecule has 0 spiro atoms. The highest BCUT2D eigenvalue weighted by atomic mass is 16.5. The van der Waals surface area contributed by atoms with E-state index in [9.17, 15) is 4.79 Å². The Morgan fingerprint density at radius 1 is 1.21 bits per heavy atom. The van der Waals surface area contributed by atoms with Crippen LogP contribution in [0.25, 0.3) is 0 Å². The summed E-state index contributed by atoms with van der Waals surface area (Å²) in [6.45, 7) is 1.90. The summed E-state index contributed by atoms with van der Waals surface area (Å²) in [5.41, 5.74) is 8.50. The summed E-state index contributed by atoms with van der Waals surface area (Å²) in [5.74, 6) is 0.396. The fourth-order valence-electron chi connectivity index (χ4n) is 1.81. The molecule has 0 aliphatic carbocycles. The zero-order valence-electron chi connectivity index (χ0n) is 10.9. The van der Waals surface area contributed by atoms with Gasteiger partial charge in [0.05, 0.1) is 12.8 Å². The molecular formula is C15H16N2O2. The maximum atomic E-state index is 12.1. The number of benzene rings is 2. The van der Waals surface area contributed by atoms with E-state index in [1.807, 2.05) is 25.1 Å². The average Bonchev–Trinajstić information content (AvgIpc) is 2.41. The summed E-state index contributed by atoms with van der Waals surface area (Å²) in [6.07, 6.45) is 0. The molecule has 4 nitrogen and oxygen atoms in total. The lowest BCUT2D eigenvalue weighted by molar-refractivity contribution is 0.102. The Morgan fingerprint density at radius 3 is 2.63 bits per heavy atom. The molecule has 3 N–H and O–H groups in total. The van der Waals surface area contributed by atoms with Crippen molar-refractivity contribution in [3.8, 4) is 5.75 Å². The molecule has 0 radical (unpaired) electrons. The van der Waals surface area contributed by atoms with Gasteiger partial charge in [-0.2, -0.15) is 0 Å². The Bertz CT molecular complexity index is 609. The molecule has 0 bridgehead atoms. The molecular weight excluding hydrogens is 240 g/mol. The van der Waals surface area contributed by atoms with E-state index in [4.69, 9.17) is 10.5 Å². The number of hydrogen-bond donors (Lipinski definition) is 2. The first-order valence-electron chi connectivity index (χ1n) is 5.92.